The highest BCUT2D eigenvalue weighted by Gasteiger charge is 2.14. The van der Waals surface area contributed by atoms with E-state index >= 15 is 0 Å². The van der Waals surface area contributed by atoms with Gasteiger partial charge in [-0.1, -0.05) is 33.6 Å². The summed E-state index contributed by atoms with van der Waals surface area (Å²) in [5, 5.41) is 3.62. The summed E-state index contributed by atoms with van der Waals surface area (Å²) in [5.74, 6) is 0. The molecule has 0 amide bonds. The van der Waals surface area contributed by atoms with Gasteiger partial charge in [0.2, 0.25) is 0 Å². The Labute approximate surface area is 97.0 Å². The van der Waals surface area contributed by atoms with Crippen molar-refractivity contribution in [2.24, 2.45) is 5.41 Å². The maximum Gasteiger partial charge on any atom is 0.00989 e. The fourth-order valence-corrected chi connectivity index (χ4v) is 1.92. The SMILES string of the molecule is CC(CCCCC(C)(C)C)NC(C)(C)C. The van der Waals surface area contributed by atoms with E-state index < -0.39 is 0 Å². The van der Waals surface area contributed by atoms with Crippen LogP contribution in [0, 0.1) is 5.41 Å². The van der Waals surface area contributed by atoms with Gasteiger partial charge in [-0.25, -0.2) is 0 Å². The van der Waals surface area contributed by atoms with Gasteiger partial charge in [0.25, 0.3) is 0 Å². The highest BCUT2D eigenvalue weighted by molar-refractivity contribution is 4.75. The monoisotopic (exact) mass is 213 g/mol. The molecule has 1 heteroatoms. The van der Waals surface area contributed by atoms with E-state index in [-0.39, 0.29) is 5.54 Å². The number of unbranched alkanes of at least 4 members (excludes halogenated alkanes) is 1. The molecule has 0 aliphatic heterocycles. The van der Waals surface area contributed by atoms with Crippen molar-refractivity contribution in [2.45, 2.75) is 85.7 Å². The molecule has 92 valence electrons. The highest BCUT2D eigenvalue weighted by Crippen LogP contribution is 2.22. The standard InChI is InChI=1S/C14H31N/c1-12(15-14(5,6)7)10-8-9-11-13(2,3)4/h12,15H,8-11H2,1-7H3. The Morgan fingerprint density at radius 3 is 1.87 bits per heavy atom. The average Bonchev–Trinajstić information content (AvgIpc) is 1.92. The van der Waals surface area contributed by atoms with Crippen LogP contribution in [0.5, 0.6) is 0 Å². The number of rotatable bonds is 5. The first-order valence-corrected chi connectivity index (χ1v) is 6.38. The Kier molecular flexibility index (Phi) is 5.87. The number of hydrogen-bond acceptors (Lipinski definition) is 1. The summed E-state index contributed by atoms with van der Waals surface area (Å²) in [6.07, 6.45) is 5.35. The first kappa shape index (κ1) is 15.0. The minimum absolute atomic E-state index is 0.253. The highest BCUT2D eigenvalue weighted by atomic mass is 15.0. The first-order valence-electron chi connectivity index (χ1n) is 6.38. The van der Waals surface area contributed by atoms with Gasteiger partial charge >= 0.3 is 0 Å². The fourth-order valence-electron chi connectivity index (χ4n) is 1.92. The molecular weight excluding hydrogens is 182 g/mol. The van der Waals surface area contributed by atoms with Crippen LogP contribution in [0.2, 0.25) is 0 Å². The summed E-state index contributed by atoms with van der Waals surface area (Å²) in [4.78, 5) is 0. The van der Waals surface area contributed by atoms with Gasteiger partial charge in [0.05, 0.1) is 0 Å². The van der Waals surface area contributed by atoms with Crippen LogP contribution in [0.3, 0.4) is 0 Å². The lowest BCUT2D eigenvalue weighted by Gasteiger charge is -2.26. The zero-order valence-corrected chi connectivity index (χ0v) is 11.9. The summed E-state index contributed by atoms with van der Waals surface area (Å²) in [5.41, 5.74) is 0.754. The molecule has 1 unspecified atom stereocenters. The largest absolute Gasteiger partial charge is 0.310 e. The summed E-state index contributed by atoms with van der Waals surface area (Å²) < 4.78 is 0. The van der Waals surface area contributed by atoms with Crippen molar-refractivity contribution in [3.8, 4) is 0 Å². The zero-order valence-electron chi connectivity index (χ0n) is 11.9. The topological polar surface area (TPSA) is 12.0 Å². The minimum Gasteiger partial charge on any atom is -0.310 e. The average molecular weight is 213 g/mol. The summed E-state index contributed by atoms with van der Waals surface area (Å²) in [7, 11) is 0. The predicted octanol–water partition coefficient (Wildman–Crippen LogP) is 4.37. The molecule has 0 aliphatic rings. The third-order valence-corrected chi connectivity index (χ3v) is 2.49. The maximum atomic E-state index is 3.62. The molecule has 1 N–H and O–H groups in total. The van der Waals surface area contributed by atoms with Crippen LogP contribution in [0.4, 0.5) is 0 Å². The molecule has 0 aromatic carbocycles. The molecule has 1 nitrogen and oxygen atoms in total. The van der Waals surface area contributed by atoms with E-state index in [1.165, 1.54) is 25.7 Å². The predicted molar refractivity (Wildman–Crippen MR) is 70.3 cm³/mol. The van der Waals surface area contributed by atoms with Crippen LogP contribution in [0.25, 0.3) is 0 Å². The molecule has 0 fully saturated rings. The molecule has 0 aliphatic carbocycles. The molecule has 0 bridgehead atoms. The van der Waals surface area contributed by atoms with Crippen molar-refractivity contribution < 1.29 is 0 Å². The van der Waals surface area contributed by atoms with Gasteiger partial charge in [-0.2, -0.15) is 0 Å². The zero-order chi connectivity index (χ0) is 12.1. The van der Waals surface area contributed by atoms with Crippen LogP contribution in [0.1, 0.15) is 74.1 Å². The van der Waals surface area contributed by atoms with Gasteiger partial charge in [0.1, 0.15) is 0 Å². The van der Waals surface area contributed by atoms with Crippen molar-refractivity contribution in [3.63, 3.8) is 0 Å². The Morgan fingerprint density at radius 1 is 0.933 bits per heavy atom. The van der Waals surface area contributed by atoms with Gasteiger partial charge in [0, 0.05) is 11.6 Å². The summed E-state index contributed by atoms with van der Waals surface area (Å²) >= 11 is 0. The third kappa shape index (κ3) is 11.9. The second-order valence-corrected chi connectivity index (χ2v) is 7.10. The van der Waals surface area contributed by atoms with Crippen molar-refractivity contribution in [2.75, 3.05) is 0 Å². The van der Waals surface area contributed by atoms with Gasteiger partial charge in [-0.3, -0.25) is 0 Å². The second-order valence-electron chi connectivity index (χ2n) is 7.10. The van der Waals surface area contributed by atoms with E-state index in [1.54, 1.807) is 0 Å². The van der Waals surface area contributed by atoms with Crippen molar-refractivity contribution in [1.82, 2.24) is 5.32 Å². The Balaban J connectivity index is 3.52. The van der Waals surface area contributed by atoms with Crippen LogP contribution < -0.4 is 5.32 Å². The van der Waals surface area contributed by atoms with Gasteiger partial charge in [-0.15, -0.1) is 0 Å². The number of nitrogens with one attached hydrogen (secondary N) is 1. The lowest BCUT2D eigenvalue weighted by molar-refractivity contribution is 0.329. The van der Waals surface area contributed by atoms with Crippen molar-refractivity contribution >= 4 is 0 Å². The fraction of sp³-hybridized carbons (Fsp3) is 1.00. The molecule has 0 saturated heterocycles. The van der Waals surface area contributed by atoms with E-state index in [1.807, 2.05) is 0 Å². The van der Waals surface area contributed by atoms with E-state index in [2.05, 4.69) is 53.8 Å². The third-order valence-electron chi connectivity index (χ3n) is 2.49. The molecule has 0 spiro atoms. The summed E-state index contributed by atoms with van der Waals surface area (Å²) in [6, 6.07) is 0.643. The lowest BCUT2D eigenvalue weighted by atomic mass is 9.89. The van der Waals surface area contributed by atoms with E-state index in [0.717, 1.165) is 0 Å². The molecule has 15 heavy (non-hydrogen) atoms. The number of hydrogen-bond donors (Lipinski definition) is 1. The van der Waals surface area contributed by atoms with Gasteiger partial charge < -0.3 is 5.32 Å². The van der Waals surface area contributed by atoms with Crippen molar-refractivity contribution in [3.05, 3.63) is 0 Å². The smallest absolute Gasteiger partial charge is 0.00989 e. The van der Waals surface area contributed by atoms with Crippen LogP contribution in [-0.2, 0) is 0 Å². The van der Waals surface area contributed by atoms with E-state index in [0.29, 0.717) is 11.5 Å². The van der Waals surface area contributed by atoms with Crippen molar-refractivity contribution in [1.29, 1.82) is 0 Å². The van der Waals surface area contributed by atoms with E-state index in [4.69, 9.17) is 0 Å². The Bertz CT molecular complexity index is 159. The van der Waals surface area contributed by atoms with Crippen LogP contribution in [0.15, 0.2) is 0 Å². The normalized spacial score (nSPS) is 15.4. The molecule has 0 aromatic heterocycles. The molecule has 0 rings (SSSR count). The molecule has 1 atom stereocenters. The van der Waals surface area contributed by atoms with Gasteiger partial charge in [-0.05, 0) is 46.0 Å². The van der Waals surface area contributed by atoms with Gasteiger partial charge in [0.15, 0.2) is 0 Å². The first-order chi connectivity index (χ1) is 6.60. The lowest BCUT2D eigenvalue weighted by Crippen LogP contribution is -2.42. The van der Waals surface area contributed by atoms with Crippen LogP contribution in [-0.4, -0.2) is 11.6 Å². The molecule has 0 heterocycles. The van der Waals surface area contributed by atoms with E-state index in [9.17, 15) is 0 Å². The summed E-state index contributed by atoms with van der Waals surface area (Å²) in [6.45, 7) is 16.0. The minimum atomic E-state index is 0.253. The Morgan fingerprint density at radius 2 is 1.47 bits per heavy atom. The quantitative estimate of drug-likeness (QED) is 0.669. The maximum absolute atomic E-state index is 3.62. The molecule has 0 saturated carbocycles. The van der Waals surface area contributed by atoms with Crippen LogP contribution >= 0.6 is 0 Å². The molecule has 0 aromatic rings. The molecular formula is C14H31N. The second kappa shape index (κ2) is 5.89. The molecule has 0 radical (unpaired) electrons. The Hall–Kier alpha value is -0.0400.